The Bertz CT molecular complexity index is 607. The Morgan fingerprint density at radius 2 is 1.57 bits per heavy atom. The van der Waals surface area contributed by atoms with Gasteiger partial charge in [-0.25, -0.2) is 0 Å². The van der Waals surface area contributed by atoms with Crippen LogP contribution in [0.5, 0.6) is 0 Å². The van der Waals surface area contributed by atoms with E-state index in [0.717, 1.165) is 47.8 Å². The quantitative estimate of drug-likeness (QED) is 0.480. The predicted octanol–water partition coefficient (Wildman–Crippen LogP) is 8.10. The minimum atomic E-state index is -0.504. The van der Waals surface area contributed by atoms with E-state index in [9.17, 15) is 5.11 Å². The standard InChI is InChI=1S/C29H52O/c1-19(2)29(7,30)17-13-21(4)24-10-11-25-23-9-8-22-18-20(3)12-15-27(22,5)26(23)14-16-28(24,25)6/h19-26,30H,8-18H2,1-7H3. The van der Waals surface area contributed by atoms with Gasteiger partial charge in [0.25, 0.3) is 0 Å². The Balaban J connectivity index is 1.46. The van der Waals surface area contributed by atoms with Crippen LogP contribution in [0.3, 0.4) is 0 Å². The van der Waals surface area contributed by atoms with E-state index in [4.69, 9.17) is 0 Å². The van der Waals surface area contributed by atoms with Gasteiger partial charge in [0.05, 0.1) is 5.60 Å². The van der Waals surface area contributed by atoms with Crippen LogP contribution in [0.1, 0.15) is 119 Å². The second kappa shape index (κ2) is 8.07. The van der Waals surface area contributed by atoms with Gasteiger partial charge in [0.2, 0.25) is 0 Å². The SMILES string of the molecule is CC1CCC2(C)C(CCC3C2CCC2(C)C(C(C)CCC(C)(O)C(C)C)CCC32)C1. The van der Waals surface area contributed by atoms with E-state index in [2.05, 4.69) is 48.5 Å². The van der Waals surface area contributed by atoms with Crippen LogP contribution < -0.4 is 0 Å². The van der Waals surface area contributed by atoms with E-state index in [1.54, 1.807) is 0 Å². The van der Waals surface area contributed by atoms with Crippen LogP contribution in [0.2, 0.25) is 0 Å². The fourth-order valence-corrected chi connectivity index (χ4v) is 9.46. The summed E-state index contributed by atoms with van der Waals surface area (Å²) >= 11 is 0. The highest BCUT2D eigenvalue weighted by Crippen LogP contribution is 2.68. The molecule has 0 bridgehead atoms. The maximum atomic E-state index is 10.8. The Morgan fingerprint density at radius 3 is 2.27 bits per heavy atom. The monoisotopic (exact) mass is 416 g/mol. The van der Waals surface area contributed by atoms with Gasteiger partial charge in [-0.2, -0.15) is 0 Å². The molecule has 1 heteroatoms. The fraction of sp³-hybridized carbons (Fsp3) is 1.00. The van der Waals surface area contributed by atoms with Crippen molar-refractivity contribution in [3.8, 4) is 0 Å². The molecule has 0 aromatic carbocycles. The largest absolute Gasteiger partial charge is 0.390 e. The first kappa shape index (κ1) is 23.1. The molecule has 4 fully saturated rings. The van der Waals surface area contributed by atoms with Crippen molar-refractivity contribution in [3.63, 3.8) is 0 Å². The molecule has 0 radical (unpaired) electrons. The summed E-state index contributed by atoms with van der Waals surface area (Å²) in [4.78, 5) is 0. The molecule has 0 saturated heterocycles. The van der Waals surface area contributed by atoms with Crippen LogP contribution in [0, 0.1) is 58.2 Å². The maximum Gasteiger partial charge on any atom is 0.0642 e. The highest BCUT2D eigenvalue weighted by atomic mass is 16.3. The summed E-state index contributed by atoms with van der Waals surface area (Å²) in [6.45, 7) is 16.8. The Kier molecular flexibility index (Phi) is 6.22. The van der Waals surface area contributed by atoms with E-state index < -0.39 is 5.60 Å². The van der Waals surface area contributed by atoms with Crippen molar-refractivity contribution in [2.24, 2.45) is 58.2 Å². The minimum absolute atomic E-state index is 0.348. The van der Waals surface area contributed by atoms with E-state index in [0.29, 0.717) is 16.7 Å². The number of hydrogen-bond donors (Lipinski definition) is 1. The first-order valence-electron chi connectivity index (χ1n) is 13.7. The van der Waals surface area contributed by atoms with Gasteiger partial charge < -0.3 is 5.11 Å². The molecule has 0 aromatic rings. The van der Waals surface area contributed by atoms with Gasteiger partial charge >= 0.3 is 0 Å². The first-order valence-corrected chi connectivity index (χ1v) is 13.7. The van der Waals surface area contributed by atoms with Crippen molar-refractivity contribution in [2.45, 2.75) is 125 Å². The highest BCUT2D eigenvalue weighted by Gasteiger charge is 2.60. The lowest BCUT2D eigenvalue weighted by molar-refractivity contribution is -0.120. The Hall–Kier alpha value is -0.0400. The van der Waals surface area contributed by atoms with E-state index >= 15 is 0 Å². The Morgan fingerprint density at radius 1 is 0.900 bits per heavy atom. The number of rotatable bonds is 5. The van der Waals surface area contributed by atoms with Crippen LogP contribution in [0.4, 0.5) is 0 Å². The molecule has 0 aliphatic heterocycles. The third-order valence-electron chi connectivity index (χ3n) is 12.0. The van der Waals surface area contributed by atoms with Gasteiger partial charge in [0, 0.05) is 0 Å². The predicted molar refractivity (Wildman–Crippen MR) is 128 cm³/mol. The van der Waals surface area contributed by atoms with Crippen molar-refractivity contribution >= 4 is 0 Å². The van der Waals surface area contributed by atoms with Crippen molar-refractivity contribution in [1.29, 1.82) is 0 Å². The van der Waals surface area contributed by atoms with E-state index in [1.165, 1.54) is 64.2 Å². The lowest BCUT2D eigenvalue weighted by Crippen LogP contribution is -2.53. The second-order valence-electron chi connectivity index (χ2n) is 13.8. The lowest BCUT2D eigenvalue weighted by Gasteiger charge is -2.61. The molecule has 174 valence electrons. The average molecular weight is 417 g/mol. The zero-order valence-electron chi connectivity index (χ0n) is 21.3. The molecule has 1 nitrogen and oxygen atoms in total. The molecule has 10 atom stereocenters. The summed E-state index contributed by atoms with van der Waals surface area (Å²) in [5.74, 6) is 6.96. The molecular formula is C29H52O. The third kappa shape index (κ3) is 3.72. The van der Waals surface area contributed by atoms with Crippen LogP contribution in [0.15, 0.2) is 0 Å². The van der Waals surface area contributed by atoms with Crippen LogP contribution >= 0.6 is 0 Å². The van der Waals surface area contributed by atoms with Crippen molar-refractivity contribution in [3.05, 3.63) is 0 Å². The zero-order valence-corrected chi connectivity index (χ0v) is 21.3. The van der Waals surface area contributed by atoms with Gasteiger partial charge in [-0.3, -0.25) is 0 Å². The summed E-state index contributed by atoms with van der Waals surface area (Å²) < 4.78 is 0. The summed E-state index contributed by atoms with van der Waals surface area (Å²) in [5.41, 5.74) is 0.710. The highest BCUT2D eigenvalue weighted by molar-refractivity contribution is 5.09. The van der Waals surface area contributed by atoms with Gasteiger partial charge in [0.1, 0.15) is 0 Å². The zero-order chi connectivity index (χ0) is 21.9. The molecule has 10 unspecified atom stereocenters. The van der Waals surface area contributed by atoms with Crippen molar-refractivity contribution in [2.75, 3.05) is 0 Å². The molecule has 1 N–H and O–H groups in total. The normalized spacial score (nSPS) is 49.1. The third-order valence-corrected chi connectivity index (χ3v) is 12.0. The smallest absolute Gasteiger partial charge is 0.0642 e. The molecule has 0 heterocycles. The van der Waals surface area contributed by atoms with Gasteiger partial charge in [-0.1, -0.05) is 48.0 Å². The van der Waals surface area contributed by atoms with Crippen LogP contribution in [-0.4, -0.2) is 10.7 Å². The fourth-order valence-electron chi connectivity index (χ4n) is 9.46. The molecule has 0 aromatic heterocycles. The van der Waals surface area contributed by atoms with E-state index in [-0.39, 0.29) is 0 Å². The molecule has 4 aliphatic rings. The molecule has 4 aliphatic carbocycles. The molecule has 30 heavy (non-hydrogen) atoms. The van der Waals surface area contributed by atoms with Gasteiger partial charge in [-0.05, 0) is 129 Å². The topological polar surface area (TPSA) is 20.2 Å². The van der Waals surface area contributed by atoms with Crippen LogP contribution in [-0.2, 0) is 0 Å². The average Bonchev–Trinajstić information content (AvgIpc) is 3.04. The van der Waals surface area contributed by atoms with Crippen molar-refractivity contribution < 1.29 is 5.11 Å². The maximum absolute atomic E-state index is 10.8. The number of fused-ring (bicyclic) bond motifs is 5. The van der Waals surface area contributed by atoms with Gasteiger partial charge in [0.15, 0.2) is 0 Å². The molecule has 4 saturated carbocycles. The molecule has 0 spiro atoms. The minimum Gasteiger partial charge on any atom is -0.390 e. The molecule has 0 amide bonds. The molecule has 4 rings (SSSR count). The van der Waals surface area contributed by atoms with Gasteiger partial charge in [-0.15, -0.1) is 0 Å². The first-order chi connectivity index (χ1) is 14.0. The van der Waals surface area contributed by atoms with E-state index in [1.807, 2.05) is 0 Å². The summed E-state index contributed by atoms with van der Waals surface area (Å²) in [6.07, 6.45) is 15.6. The second-order valence-corrected chi connectivity index (χ2v) is 13.8. The van der Waals surface area contributed by atoms with Crippen molar-refractivity contribution in [1.82, 2.24) is 0 Å². The van der Waals surface area contributed by atoms with Crippen LogP contribution in [0.25, 0.3) is 0 Å². The summed E-state index contributed by atoms with van der Waals surface area (Å²) in [7, 11) is 0. The number of aliphatic hydroxyl groups is 1. The summed E-state index contributed by atoms with van der Waals surface area (Å²) in [5, 5.41) is 10.8. The number of hydrogen-bond acceptors (Lipinski definition) is 1. The molecular weight excluding hydrogens is 364 g/mol. The summed E-state index contributed by atoms with van der Waals surface area (Å²) in [6, 6.07) is 0. The lowest BCUT2D eigenvalue weighted by atomic mass is 9.44. The Labute approximate surface area is 188 Å².